The number of aromatic nitrogens is 1. The fourth-order valence-electron chi connectivity index (χ4n) is 3.07. The number of halogens is 2. The molecule has 1 N–H and O–H groups in total. The number of nitrogens with zero attached hydrogens (tertiary/aromatic N) is 2. The topological polar surface area (TPSA) is 71.5 Å². The van der Waals surface area contributed by atoms with E-state index in [2.05, 4.69) is 15.2 Å². The van der Waals surface area contributed by atoms with Crippen molar-refractivity contribution in [1.82, 2.24) is 9.88 Å². The van der Waals surface area contributed by atoms with Gasteiger partial charge in [0.2, 0.25) is 0 Å². The number of rotatable bonds is 5. The highest BCUT2D eigenvalue weighted by atomic mass is 35.5. The number of ether oxygens (including phenoxy) is 1. The maximum atomic E-state index is 12.4. The molecule has 2 heterocycles. The monoisotopic (exact) mass is 421 g/mol. The van der Waals surface area contributed by atoms with Crippen molar-refractivity contribution in [2.45, 2.75) is 25.4 Å². The van der Waals surface area contributed by atoms with Crippen molar-refractivity contribution in [2.75, 3.05) is 25.5 Å². The Morgan fingerprint density at radius 2 is 1.86 bits per heavy atom. The lowest BCUT2D eigenvalue weighted by Gasteiger charge is -2.17. The van der Waals surface area contributed by atoms with E-state index in [1.165, 1.54) is 12.4 Å². The Morgan fingerprint density at radius 1 is 1.21 bits per heavy atom. The molecule has 0 radical (unpaired) electrons. The van der Waals surface area contributed by atoms with Gasteiger partial charge in [0.15, 0.2) is 0 Å². The molecular formula is C20H21Cl2N3O3. The van der Waals surface area contributed by atoms with Crippen LogP contribution in [0.2, 0.25) is 10.0 Å². The van der Waals surface area contributed by atoms with E-state index in [0.717, 1.165) is 25.1 Å². The Hall–Kier alpha value is -2.15. The highest BCUT2D eigenvalue weighted by Gasteiger charge is 2.26. The molecule has 28 heavy (non-hydrogen) atoms. The maximum absolute atomic E-state index is 12.4. The van der Waals surface area contributed by atoms with E-state index in [1.807, 2.05) is 14.0 Å². The molecular weight excluding hydrogens is 401 g/mol. The third-order valence-electron chi connectivity index (χ3n) is 4.73. The number of carbonyl (C=O) groups is 2. The summed E-state index contributed by atoms with van der Waals surface area (Å²) >= 11 is 12.0. The van der Waals surface area contributed by atoms with Crippen LogP contribution in [0.4, 0.5) is 5.69 Å². The fourth-order valence-corrected chi connectivity index (χ4v) is 3.61. The molecule has 2 atom stereocenters. The van der Waals surface area contributed by atoms with Gasteiger partial charge in [0, 0.05) is 31.2 Å². The standard InChI is InChI=1S/C20H21Cl2N3O3/c1-12(20(27)28-15-7-8-25(2)11-15)13-3-5-14(6-4-13)24-19(26)18-16(21)9-23-10-17(18)22/h3-6,9-10,12,15H,7-8,11H2,1-2H3,(H,24,26). The second-order valence-corrected chi connectivity index (χ2v) is 7.70. The SMILES string of the molecule is CC(C(=O)OC1CCN(C)C1)c1ccc(NC(=O)c2c(Cl)cncc2Cl)cc1. The second-order valence-electron chi connectivity index (χ2n) is 6.89. The lowest BCUT2D eigenvalue weighted by atomic mass is 10.0. The minimum Gasteiger partial charge on any atom is -0.461 e. The number of carbonyl (C=O) groups excluding carboxylic acids is 2. The first-order valence-electron chi connectivity index (χ1n) is 8.94. The van der Waals surface area contributed by atoms with Gasteiger partial charge >= 0.3 is 5.97 Å². The Balaban J connectivity index is 1.63. The van der Waals surface area contributed by atoms with Crippen LogP contribution in [-0.4, -0.2) is 48.0 Å². The molecule has 0 spiro atoms. The van der Waals surface area contributed by atoms with Crippen LogP contribution in [-0.2, 0) is 9.53 Å². The Morgan fingerprint density at radius 3 is 2.43 bits per heavy atom. The highest BCUT2D eigenvalue weighted by Crippen LogP contribution is 2.25. The first-order chi connectivity index (χ1) is 13.3. The number of nitrogens with one attached hydrogen (secondary N) is 1. The van der Waals surface area contributed by atoms with Crippen molar-refractivity contribution >= 4 is 40.8 Å². The summed E-state index contributed by atoms with van der Waals surface area (Å²) in [5.41, 5.74) is 1.55. The van der Waals surface area contributed by atoms with Crippen LogP contribution < -0.4 is 5.32 Å². The number of benzene rings is 1. The van der Waals surface area contributed by atoms with Gasteiger partial charge < -0.3 is 15.0 Å². The van der Waals surface area contributed by atoms with Gasteiger partial charge in [-0.15, -0.1) is 0 Å². The predicted molar refractivity (Wildman–Crippen MR) is 109 cm³/mol. The zero-order valence-corrected chi connectivity index (χ0v) is 17.1. The summed E-state index contributed by atoms with van der Waals surface area (Å²) in [6.45, 7) is 3.51. The molecule has 148 valence electrons. The van der Waals surface area contributed by atoms with Crippen molar-refractivity contribution < 1.29 is 14.3 Å². The van der Waals surface area contributed by atoms with E-state index >= 15 is 0 Å². The Labute approximate surface area is 173 Å². The second kappa shape index (κ2) is 8.90. The minimum absolute atomic E-state index is 0.0478. The summed E-state index contributed by atoms with van der Waals surface area (Å²) in [6, 6.07) is 7.03. The molecule has 6 nitrogen and oxygen atoms in total. The average Bonchev–Trinajstić information content (AvgIpc) is 3.06. The van der Waals surface area contributed by atoms with Crippen molar-refractivity contribution in [1.29, 1.82) is 0 Å². The molecule has 1 aromatic heterocycles. The van der Waals surface area contributed by atoms with Crippen LogP contribution in [0, 0.1) is 0 Å². The van der Waals surface area contributed by atoms with E-state index in [0.29, 0.717) is 5.69 Å². The number of amides is 1. The van der Waals surface area contributed by atoms with Crippen molar-refractivity contribution in [3.63, 3.8) is 0 Å². The average molecular weight is 422 g/mol. The normalized spacial score (nSPS) is 17.9. The summed E-state index contributed by atoms with van der Waals surface area (Å²) in [6.07, 6.45) is 3.54. The largest absolute Gasteiger partial charge is 0.461 e. The van der Waals surface area contributed by atoms with E-state index in [4.69, 9.17) is 27.9 Å². The quantitative estimate of drug-likeness (QED) is 0.738. The van der Waals surface area contributed by atoms with Gasteiger partial charge in [-0.3, -0.25) is 14.6 Å². The summed E-state index contributed by atoms with van der Waals surface area (Å²) in [5, 5.41) is 3.09. The Bertz CT molecular complexity index is 853. The summed E-state index contributed by atoms with van der Waals surface area (Å²) in [5.74, 6) is -1.06. The molecule has 1 aromatic carbocycles. The van der Waals surface area contributed by atoms with E-state index in [-0.39, 0.29) is 33.6 Å². The number of hydrogen-bond acceptors (Lipinski definition) is 5. The number of hydrogen-bond donors (Lipinski definition) is 1. The van der Waals surface area contributed by atoms with Gasteiger partial charge in [-0.2, -0.15) is 0 Å². The van der Waals surface area contributed by atoms with Gasteiger partial charge in [-0.1, -0.05) is 35.3 Å². The molecule has 0 aliphatic carbocycles. The molecule has 1 aliphatic rings. The zero-order valence-electron chi connectivity index (χ0n) is 15.6. The fraction of sp³-hybridized carbons (Fsp3) is 0.350. The van der Waals surface area contributed by atoms with E-state index in [1.54, 1.807) is 24.3 Å². The molecule has 3 rings (SSSR count). The lowest BCUT2D eigenvalue weighted by molar-refractivity contribution is -0.149. The van der Waals surface area contributed by atoms with Crippen LogP contribution in [0.25, 0.3) is 0 Å². The third kappa shape index (κ3) is 4.82. The molecule has 2 aromatic rings. The van der Waals surface area contributed by atoms with Crippen LogP contribution in [0.1, 0.15) is 35.2 Å². The summed E-state index contributed by atoms with van der Waals surface area (Å²) in [7, 11) is 2.01. The number of esters is 1. The molecule has 1 aliphatic heterocycles. The molecule has 1 saturated heterocycles. The molecule has 2 unspecified atom stereocenters. The smallest absolute Gasteiger partial charge is 0.313 e. The third-order valence-corrected chi connectivity index (χ3v) is 5.31. The van der Waals surface area contributed by atoms with Crippen LogP contribution >= 0.6 is 23.2 Å². The van der Waals surface area contributed by atoms with Crippen molar-refractivity contribution in [2.24, 2.45) is 0 Å². The number of anilines is 1. The Kier molecular flexibility index (Phi) is 6.54. The number of likely N-dealkylation sites (N-methyl/N-ethyl adjacent to an activating group) is 1. The molecule has 0 bridgehead atoms. The van der Waals surface area contributed by atoms with Crippen molar-refractivity contribution in [3.8, 4) is 0 Å². The zero-order chi connectivity index (χ0) is 20.3. The van der Waals surface area contributed by atoms with Crippen molar-refractivity contribution in [3.05, 3.63) is 57.8 Å². The first-order valence-corrected chi connectivity index (χ1v) is 9.70. The van der Waals surface area contributed by atoms with Gasteiger partial charge in [0.05, 0.1) is 21.5 Å². The summed E-state index contributed by atoms with van der Waals surface area (Å²) in [4.78, 5) is 30.8. The maximum Gasteiger partial charge on any atom is 0.313 e. The van der Waals surface area contributed by atoms with E-state index in [9.17, 15) is 9.59 Å². The van der Waals surface area contributed by atoms with Gasteiger partial charge in [0.1, 0.15) is 6.10 Å². The predicted octanol–water partition coefficient (Wildman–Crippen LogP) is 3.99. The number of likely N-dealkylation sites (tertiary alicyclic amines) is 1. The first kappa shape index (κ1) is 20.6. The molecule has 1 amide bonds. The minimum atomic E-state index is -0.428. The van der Waals surface area contributed by atoms with Gasteiger partial charge in [-0.05, 0) is 38.1 Å². The molecule has 1 fully saturated rings. The van der Waals surface area contributed by atoms with Gasteiger partial charge in [0.25, 0.3) is 5.91 Å². The van der Waals surface area contributed by atoms with Gasteiger partial charge in [-0.25, -0.2) is 0 Å². The van der Waals surface area contributed by atoms with Crippen LogP contribution in [0.5, 0.6) is 0 Å². The summed E-state index contributed by atoms with van der Waals surface area (Å²) < 4.78 is 5.59. The highest BCUT2D eigenvalue weighted by molar-refractivity contribution is 6.40. The number of pyridine rings is 1. The van der Waals surface area contributed by atoms with Crippen LogP contribution in [0.15, 0.2) is 36.7 Å². The van der Waals surface area contributed by atoms with Crippen LogP contribution in [0.3, 0.4) is 0 Å². The molecule has 0 saturated carbocycles. The van der Waals surface area contributed by atoms with E-state index < -0.39 is 5.91 Å². The lowest BCUT2D eigenvalue weighted by Crippen LogP contribution is -2.24. The molecule has 8 heteroatoms.